The molecule has 0 radical (unpaired) electrons. The second-order valence-electron chi connectivity index (χ2n) is 8.49. The molecule has 2 amide bonds. The Labute approximate surface area is 179 Å². The Bertz CT molecular complexity index is 899. The van der Waals surface area contributed by atoms with Crippen LogP contribution in [0.25, 0.3) is 11.1 Å². The minimum Gasteiger partial charge on any atom is -0.375 e. The highest BCUT2D eigenvalue weighted by Gasteiger charge is 2.43. The number of methoxy groups -OCH3 is 1. The minimum absolute atomic E-state index is 0.00930. The molecule has 3 rings (SSSR count). The lowest BCUT2D eigenvalue weighted by Crippen LogP contribution is -2.51. The molecule has 0 aliphatic carbocycles. The molecule has 1 heterocycles. The van der Waals surface area contributed by atoms with E-state index in [0.717, 1.165) is 5.56 Å². The topological polar surface area (TPSA) is 49.9 Å². The first-order chi connectivity index (χ1) is 14.4. The fraction of sp³-hybridized carbons (Fsp3) is 0.440. The maximum atomic E-state index is 13.2. The highest BCUT2D eigenvalue weighted by molar-refractivity contribution is 5.84. The lowest BCUT2D eigenvalue weighted by atomic mass is 9.72. The molecule has 5 nitrogen and oxygen atoms in total. The number of ether oxygens (including phenoxy) is 1. The van der Waals surface area contributed by atoms with E-state index in [0.29, 0.717) is 32.4 Å². The summed E-state index contributed by atoms with van der Waals surface area (Å²) in [4.78, 5) is 28.9. The molecule has 0 unspecified atom stereocenters. The quantitative estimate of drug-likeness (QED) is 0.735. The van der Waals surface area contributed by atoms with Gasteiger partial charge in [0, 0.05) is 34.3 Å². The van der Waals surface area contributed by atoms with Gasteiger partial charge in [0.05, 0.1) is 5.41 Å². The number of hydrogen-bond acceptors (Lipinski definition) is 3. The normalized spacial score (nSPS) is 15.7. The number of hydrogen-bond donors (Lipinski definition) is 0. The van der Waals surface area contributed by atoms with Gasteiger partial charge in [0.15, 0.2) is 0 Å². The number of benzene rings is 2. The fourth-order valence-electron chi connectivity index (χ4n) is 4.48. The van der Waals surface area contributed by atoms with Crippen LogP contribution < -0.4 is 0 Å². The number of amides is 2. The van der Waals surface area contributed by atoms with Crippen LogP contribution in [-0.4, -0.2) is 62.5 Å². The van der Waals surface area contributed by atoms with Crippen LogP contribution in [0.4, 0.5) is 0 Å². The molecule has 1 aliphatic rings. The Morgan fingerprint density at radius 3 is 2.40 bits per heavy atom. The third-order valence-electron chi connectivity index (χ3n) is 6.13. The summed E-state index contributed by atoms with van der Waals surface area (Å²) in [5.41, 5.74) is 4.29. The monoisotopic (exact) mass is 408 g/mol. The Hall–Kier alpha value is -2.66. The Morgan fingerprint density at radius 1 is 1.07 bits per heavy atom. The summed E-state index contributed by atoms with van der Waals surface area (Å²) in [6.45, 7) is 3.37. The van der Waals surface area contributed by atoms with Crippen LogP contribution in [0.5, 0.6) is 0 Å². The molecule has 1 fully saturated rings. The van der Waals surface area contributed by atoms with Crippen LogP contribution in [0.3, 0.4) is 0 Å². The van der Waals surface area contributed by atoms with Crippen molar-refractivity contribution in [2.24, 2.45) is 5.41 Å². The van der Waals surface area contributed by atoms with Crippen molar-refractivity contribution in [2.45, 2.75) is 26.2 Å². The number of carbonyl (C=O) groups excluding carboxylic acids is 2. The third-order valence-corrected chi connectivity index (χ3v) is 6.13. The molecule has 5 heteroatoms. The van der Waals surface area contributed by atoms with Gasteiger partial charge in [0.2, 0.25) is 11.8 Å². The molecule has 160 valence electrons. The van der Waals surface area contributed by atoms with Crippen LogP contribution >= 0.6 is 0 Å². The number of aryl methyl sites for hydroxylation is 1. The molecule has 0 atom stereocenters. The van der Waals surface area contributed by atoms with Gasteiger partial charge in [-0.25, -0.2) is 0 Å². The Morgan fingerprint density at radius 2 is 1.77 bits per heavy atom. The van der Waals surface area contributed by atoms with E-state index in [1.807, 2.05) is 25.1 Å². The van der Waals surface area contributed by atoms with E-state index in [-0.39, 0.29) is 18.4 Å². The summed E-state index contributed by atoms with van der Waals surface area (Å²) in [5.74, 6) is 0.132. The van der Waals surface area contributed by atoms with Crippen LogP contribution in [0.15, 0.2) is 48.5 Å². The molecule has 1 saturated heterocycles. The van der Waals surface area contributed by atoms with Gasteiger partial charge in [-0.1, -0.05) is 48.5 Å². The lowest BCUT2D eigenvalue weighted by Gasteiger charge is -2.42. The number of carbonyl (C=O) groups is 2. The zero-order chi connectivity index (χ0) is 21.7. The summed E-state index contributed by atoms with van der Waals surface area (Å²) in [5, 5.41) is 0. The molecule has 0 spiro atoms. The van der Waals surface area contributed by atoms with Crippen LogP contribution in [0.1, 0.15) is 24.0 Å². The van der Waals surface area contributed by atoms with Gasteiger partial charge in [-0.15, -0.1) is 0 Å². The number of rotatable bonds is 6. The molecule has 0 bridgehead atoms. The largest absolute Gasteiger partial charge is 0.375 e. The number of nitrogens with zero attached hydrogens (tertiary/aromatic N) is 2. The molecule has 0 saturated carbocycles. The van der Waals surface area contributed by atoms with Gasteiger partial charge >= 0.3 is 0 Å². The fourth-order valence-corrected chi connectivity index (χ4v) is 4.48. The van der Waals surface area contributed by atoms with Gasteiger partial charge < -0.3 is 14.5 Å². The van der Waals surface area contributed by atoms with E-state index >= 15 is 0 Å². The molecule has 2 aromatic rings. The van der Waals surface area contributed by atoms with E-state index < -0.39 is 5.41 Å². The first-order valence-corrected chi connectivity index (χ1v) is 10.5. The highest BCUT2D eigenvalue weighted by Crippen LogP contribution is 2.38. The second kappa shape index (κ2) is 9.43. The van der Waals surface area contributed by atoms with E-state index in [1.54, 1.807) is 4.90 Å². The van der Waals surface area contributed by atoms with Crippen LogP contribution in [-0.2, 0) is 20.7 Å². The highest BCUT2D eigenvalue weighted by atomic mass is 16.5. The van der Waals surface area contributed by atoms with Crippen LogP contribution in [0.2, 0.25) is 0 Å². The molecule has 2 aromatic carbocycles. The van der Waals surface area contributed by atoms with E-state index in [9.17, 15) is 9.59 Å². The average Bonchev–Trinajstić information content (AvgIpc) is 2.74. The maximum absolute atomic E-state index is 13.2. The first kappa shape index (κ1) is 22.0. The summed E-state index contributed by atoms with van der Waals surface area (Å²) >= 11 is 0. The summed E-state index contributed by atoms with van der Waals surface area (Å²) < 4.78 is 4.99. The van der Waals surface area contributed by atoms with E-state index in [2.05, 4.69) is 49.4 Å². The van der Waals surface area contributed by atoms with Crippen LogP contribution in [0, 0.1) is 12.3 Å². The van der Waals surface area contributed by atoms with Gasteiger partial charge in [-0.05, 0) is 48.4 Å². The maximum Gasteiger partial charge on any atom is 0.248 e. The predicted molar refractivity (Wildman–Crippen MR) is 119 cm³/mol. The summed E-state index contributed by atoms with van der Waals surface area (Å²) in [6.07, 6.45) is 2.00. The van der Waals surface area contributed by atoms with Gasteiger partial charge in [0.25, 0.3) is 0 Å². The van der Waals surface area contributed by atoms with Crippen molar-refractivity contribution in [1.82, 2.24) is 9.80 Å². The van der Waals surface area contributed by atoms with Crippen molar-refractivity contribution in [2.75, 3.05) is 40.9 Å². The molecule has 0 aromatic heterocycles. The third kappa shape index (κ3) is 4.73. The SMILES string of the molecule is COCC(=O)N1CCC(Cc2cccc(-c3ccccc3C)c2)(C(=O)N(C)C)CC1. The van der Waals surface area contributed by atoms with Crippen molar-refractivity contribution < 1.29 is 14.3 Å². The molecule has 30 heavy (non-hydrogen) atoms. The second-order valence-corrected chi connectivity index (χ2v) is 8.49. The molecular formula is C25H32N2O3. The lowest BCUT2D eigenvalue weighted by molar-refractivity contribution is -0.147. The predicted octanol–water partition coefficient (Wildman–Crippen LogP) is 3.55. The molecule has 1 aliphatic heterocycles. The molecule has 0 N–H and O–H groups in total. The van der Waals surface area contributed by atoms with Crippen molar-refractivity contribution in [3.05, 3.63) is 59.7 Å². The van der Waals surface area contributed by atoms with Gasteiger partial charge in [-0.3, -0.25) is 9.59 Å². The Balaban J connectivity index is 1.85. The average molecular weight is 409 g/mol. The summed E-state index contributed by atoms with van der Waals surface area (Å²) in [6, 6.07) is 16.9. The Kier molecular flexibility index (Phi) is 6.93. The summed E-state index contributed by atoms with van der Waals surface area (Å²) in [7, 11) is 5.16. The van der Waals surface area contributed by atoms with Crippen molar-refractivity contribution in [3.8, 4) is 11.1 Å². The standard InChI is InChI=1S/C25H32N2O3/c1-19-8-5-6-11-22(19)21-10-7-9-20(16-21)17-25(24(29)26(2)3)12-14-27(15-13-25)23(28)18-30-4/h5-11,16H,12-15,17-18H2,1-4H3. The smallest absolute Gasteiger partial charge is 0.248 e. The molecular weight excluding hydrogens is 376 g/mol. The van der Waals surface area contributed by atoms with Gasteiger partial charge in [-0.2, -0.15) is 0 Å². The number of likely N-dealkylation sites (tertiary alicyclic amines) is 1. The van der Waals surface area contributed by atoms with Crippen molar-refractivity contribution in [1.29, 1.82) is 0 Å². The van der Waals surface area contributed by atoms with Crippen molar-refractivity contribution >= 4 is 11.8 Å². The van der Waals surface area contributed by atoms with Gasteiger partial charge in [0.1, 0.15) is 6.61 Å². The van der Waals surface area contributed by atoms with E-state index in [4.69, 9.17) is 4.74 Å². The zero-order valence-electron chi connectivity index (χ0n) is 18.5. The minimum atomic E-state index is -0.488. The number of piperidine rings is 1. The van der Waals surface area contributed by atoms with Crippen molar-refractivity contribution in [3.63, 3.8) is 0 Å². The zero-order valence-corrected chi connectivity index (χ0v) is 18.5. The first-order valence-electron chi connectivity index (χ1n) is 10.5. The van der Waals surface area contributed by atoms with E-state index in [1.165, 1.54) is 23.8 Å².